The maximum absolute atomic E-state index is 11.7. The van der Waals surface area contributed by atoms with Crippen molar-refractivity contribution in [2.75, 3.05) is 7.11 Å². The van der Waals surface area contributed by atoms with Gasteiger partial charge in [0.25, 0.3) is 0 Å². The zero-order valence-electron chi connectivity index (χ0n) is 12.1. The molecule has 3 aromatic rings. The van der Waals surface area contributed by atoms with Crippen LogP contribution in [0.15, 0.2) is 48.5 Å². The number of halogens is 2. The summed E-state index contributed by atoms with van der Waals surface area (Å²) in [5.74, 6) is -0.538. The highest BCUT2D eigenvalue weighted by Gasteiger charge is 2.22. The number of hydrogen-bond donors (Lipinski definition) is 1. The zero-order chi connectivity index (χ0) is 16.6. The maximum Gasteiger partial charge on any atom is 0.336 e. The van der Waals surface area contributed by atoms with Crippen LogP contribution < -0.4 is 4.74 Å². The molecule has 0 radical (unpaired) electrons. The molecule has 0 unspecified atom stereocenters. The molecule has 23 heavy (non-hydrogen) atoms. The van der Waals surface area contributed by atoms with E-state index in [4.69, 9.17) is 27.9 Å². The lowest BCUT2D eigenvalue weighted by Crippen LogP contribution is -2.02. The largest absolute Gasteiger partial charge is 0.496 e. The lowest BCUT2D eigenvalue weighted by atomic mass is 9.93. The molecule has 0 saturated heterocycles. The first kappa shape index (κ1) is 15.7. The lowest BCUT2D eigenvalue weighted by molar-refractivity contribution is 0.0698. The molecule has 5 heteroatoms. The quantitative estimate of drug-likeness (QED) is 0.678. The van der Waals surface area contributed by atoms with E-state index in [1.54, 1.807) is 6.07 Å². The van der Waals surface area contributed by atoms with Gasteiger partial charge in [0.05, 0.1) is 22.7 Å². The molecule has 0 atom stereocenters. The van der Waals surface area contributed by atoms with Gasteiger partial charge in [0.15, 0.2) is 0 Å². The number of benzene rings is 3. The van der Waals surface area contributed by atoms with Crippen LogP contribution in [0.4, 0.5) is 0 Å². The Morgan fingerprint density at radius 3 is 2.43 bits per heavy atom. The van der Waals surface area contributed by atoms with E-state index in [-0.39, 0.29) is 10.6 Å². The number of carboxylic acid groups (broad SMARTS) is 1. The van der Waals surface area contributed by atoms with Crippen molar-refractivity contribution < 1.29 is 14.6 Å². The molecule has 0 fully saturated rings. The van der Waals surface area contributed by atoms with Crippen LogP contribution in [0.3, 0.4) is 0 Å². The number of methoxy groups -OCH3 is 1. The van der Waals surface area contributed by atoms with E-state index < -0.39 is 5.97 Å². The van der Waals surface area contributed by atoms with Gasteiger partial charge in [-0.15, -0.1) is 0 Å². The van der Waals surface area contributed by atoms with Gasteiger partial charge in [-0.2, -0.15) is 0 Å². The standard InChI is InChI=1S/C18H12Cl2O3/c1-23-14-9-6-10-4-2-3-5-11(10)15(14)16-12(18(21)22)7-8-13(19)17(16)20/h2-9H,1H3,(H,21,22). The van der Waals surface area contributed by atoms with E-state index in [2.05, 4.69) is 0 Å². The second-order valence-electron chi connectivity index (χ2n) is 4.95. The van der Waals surface area contributed by atoms with Crippen LogP contribution >= 0.6 is 23.2 Å². The molecular weight excluding hydrogens is 335 g/mol. The molecule has 3 rings (SSSR count). The summed E-state index contributed by atoms with van der Waals surface area (Å²) in [6.45, 7) is 0. The molecule has 3 nitrogen and oxygen atoms in total. The van der Waals surface area contributed by atoms with Gasteiger partial charge >= 0.3 is 5.97 Å². The van der Waals surface area contributed by atoms with Gasteiger partial charge in [-0.25, -0.2) is 4.79 Å². The molecule has 0 aliphatic carbocycles. The minimum Gasteiger partial charge on any atom is -0.496 e. The summed E-state index contributed by atoms with van der Waals surface area (Å²) in [7, 11) is 1.53. The van der Waals surface area contributed by atoms with Crippen LogP contribution in [0.2, 0.25) is 10.0 Å². The van der Waals surface area contributed by atoms with Gasteiger partial charge < -0.3 is 9.84 Å². The summed E-state index contributed by atoms with van der Waals surface area (Å²) < 4.78 is 5.44. The van der Waals surface area contributed by atoms with Crippen LogP contribution in [0.1, 0.15) is 10.4 Å². The monoisotopic (exact) mass is 346 g/mol. The number of ether oxygens (including phenoxy) is 1. The van der Waals surface area contributed by atoms with E-state index >= 15 is 0 Å². The molecule has 0 aliphatic rings. The van der Waals surface area contributed by atoms with Gasteiger partial charge in [-0.3, -0.25) is 0 Å². The average Bonchev–Trinajstić information content (AvgIpc) is 2.56. The van der Waals surface area contributed by atoms with E-state index in [1.807, 2.05) is 30.3 Å². The molecule has 0 heterocycles. The first-order chi connectivity index (χ1) is 11.0. The van der Waals surface area contributed by atoms with Crippen molar-refractivity contribution in [3.05, 3.63) is 64.1 Å². The molecule has 0 aliphatic heterocycles. The van der Waals surface area contributed by atoms with Crippen LogP contribution in [0.25, 0.3) is 21.9 Å². The maximum atomic E-state index is 11.7. The average molecular weight is 347 g/mol. The molecule has 0 bridgehead atoms. The fourth-order valence-corrected chi connectivity index (χ4v) is 3.07. The third-order valence-corrected chi connectivity index (χ3v) is 4.49. The number of aromatic carboxylic acids is 1. The van der Waals surface area contributed by atoms with Gasteiger partial charge in [-0.05, 0) is 29.0 Å². The second-order valence-corrected chi connectivity index (χ2v) is 5.74. The van der Waals surface area contributed by atoms with Gasteiger partial charge in [-0.1, -0.05) is 53.5 Å². The SMILES string of the molecule is COc1ccc2ccccc2c1-c1c(C(=O)O)ccc(Cl)c1Cl. The molecule has 1 N–H and O–H groups in total. The van der Waals surface area contributed by atoms with Crippen molar-refractivity contribution in [1.82, 2.24) is 0 Å². The minimum atomic E-state index is -1.08. The topological polar surface area (TPSA) is 46.5 Å². The highest BCUT2D eigenvalue weighted by Crippen LogP contribution is 2.44. The van der Waals surface area contributed by atoms with E-state index in [0.717, 1.165) is 10.8 Å². The van der Waals surface area contributed by atoms with Crippen LogP contribution in [-0.2, 0) is 0 Å². The van der Waals surface area contributed by atoms with Gasteiger partial charge in [0.1, 0.15) is 5.75 Å². The normalized spacial score (nSPS) is 10.7. The molecule has 0 saturated carbocycles. The Labute approximate surface area is 143 Å². The van der Waals surface area contributed by atoms with Crippen LogP contribution in [-0.4, -0.2) is 18.2 Å². The summed E-state index contributed by atoms with van der Waals surface area (Å²) in [5.41, 5.74) is 1.06. The highest BCUT2D eigenvalue weighted by molar-refractivity contribution is 6.44. The van der Waals surface area contributed by atoms with E-state index in [9.17, 15) is 9.90 Å². The van der Waals surface area contributed by atoms with Crippen LogP contribution in [0, 0.1) is 0 Å². The lowest BCUT2D eigenvalue weighted by Gasteiger charge is -2.16. The highest BCUT2D eigenvalue weighted by atomic mass is 35.5. The van der Waals surface area contributed by atoms with Crippen molar-refractivity contribution in [2.45, 2.75) is 0 Å². The minimum absolute atomic E-state index is 0.0778. The smallest absolute Gasteiger partial charge is 0.336 e. The van der Waals surface area contributed by atoms with Crippen molar-refractivity contribution in [2.24, 2.45) is 0 Å². The Kier molecular flexibility index (Phi) is 4.16. The van der Waals surface area contributed by atoms with Crippen molar-refractivity contribution in [3.63, 3.8) is 0 Å². The van der Waals surface area contributed by atoms with E-state index in [0.29, 0.717) is 21.9 Å². The number of hydrogen-bond acceptors (Lipinski definition) is 2. The van der Waals surface area contributed by atoms with Crippen LogP contribution in [0.5, 0.6) is 5.75 Å². The molecule has 116 valence electrons. The number of carboxylic acids is 1. The third-order valence-electron chi connectivity index (χ3n) is 3.69. The molecular formula is C18H12Cl2O3. The predicted octanol–water partition coefficient (Wildman–Crippen LogP) is 5.52. The Morgan fingerprint density at radius 2 is 1.74 bits per heavy atom. The Hall–Kier alpha value is -2.23. The van der Waals surface area contributed by atoms with Crippen molar-refractivity contribution in [1.29, 1.82) is 0 Å². The summed E-state index contributed by atoms with van der Waals surface area (Å²) >= 11 is 12.5. The Morgan fingerprint density at radius 1 is 1.00 bits per heavy atom. The molecule has 0 spiro atoms. The fourth-order valence-electron chi connectivity index (χ4n) is 2.65. The van der Waals surface area contributed by atoms with Gasteiger partial charge in [0.2, 0.25) is 0 Å². The Balaban J connectivity index is 2.50. The summed E-state index contributed by atoms with van der Waals surface area (Å²) in [5, 5.41) is 11.8. The second kappa shape index (κ2) is 6.11. The summed E-state index contributed by atoms with van der Waals surface area (Å²) in [6.07, 6.45) is 0. The number of rotatable bonds is 3. The number of fused-ring (bicyclic) bond motifs is 1. The first-order valence-electron chi connectivity index (χ1n) is 6.82. The summed E-state index contributed by atoms with van der Waals surface area (Å²) in [6, 6.07) is 14.3. The number of carbonyl (C=O) groups is 1. The molecule has 0 amide bonds. The van der Waals surface area contributed by atoms with Gasteiger partial charge in [0, 0.05) is 11.1 Å². The zero-order valence-corrected chi connectivity index (χ0v) is 13.7. The predicted molar refractivity (Wildman–Crippen MR) is 92.9 cm³/mol. The third kappa shape index (κ3) is 2.62. The van der Waals surface area contributed by atoms with E-state index in [1.165, 1.54) is 19.2 Å². The molecule has 0 aromatic heterocycles. The fraction of sp³-hybridized carbons (Fsp3) is 0.0556. The van der Waals surface area contributed by atoms with Crippen molar-refractivity contribution >= 4 is 39.9 Å². The summed E-state index contributed by atoms with van der Waals surface area (Å²) in [4.78, 5) is 11.7. The first-order valence-corrected chi connectivity index (χ1v) is 7.57. The van der Waals surface area contributed by atoms with Crippen molar-refractivity contribution in [3.8, 4) is 16.9 Å². The molecule has 3 aromatic carbocycles. The Bertz CT molecular complexity index is 920.